The molecule has 1 aromatic heterocycles. The number of amides is 2. The lowest BCUT2D eigenvalue weighted by Gasteiger charge is -2.36. The molecule has 1 N–H and O–H groups in total. The van der Waals surface area contributed by atoms with Crippen LogP contribution in [0.3, 0.4) is 0 Å². The van der Waals surface area contributed by atoms with Crippen molar-refractivity contribution in [3.63, 3.8) is 0 Å². The fraction of sp³-hybridized carbons (Fsp3) is 0.174. The number of rotatable bonds is 4. The molecule has 4 rings (SSSR count). The Hall–Kier alpha value is -3.09. The van der Waals surface area contributed by atoms with Gasteiger partial charge in [0.05, 0.1) is 16.3 Å². The molecule has 158 valence electrons. The largest absolute Gasteiger partial charge is 0.367 e. The van der Waals surface area contributed by atoms with E-state index in [-0.39, 0.29) is 17.0 Å². The number of carbonyl (C=O) groups is 2. The topological polar surface area (TPSA) is 65.5 Å². The van der Waals surface area contributed by atoms with Crippen molar-refractivity contribution in [1.29, 1.82) is 0 Å². The minimum Gasteiger partial charge on any atom is -0.367 e. The molecular weight excluding hydrogens is 435 g/mol. The van der Waals surface area contributed by atoms with Gasteiger partial charge in [-0.2, -0.15) is 0 Å². The first-order valence-corrected chi connectivity index (χ1v) is 10.6. The van der Waals surface area contributed by atoms with Gasteiger partial charge in [0.25, 0.3) is 11.8 Å². The van der Waals surface area contributed by atoms with Crippen LogP contribution in [0, 0.1) is 0 Å². The van der Waals surface area contributed by atoms with E-state index in [1.54, 1.807) is 24.3 Å². The minimum atomic E-state index is -0.352. The summed E-state index contributed by atoms with van der Waals surface area (Å²) in [6.45, 7) is 2.58. The van der Waals surface area contributed by atoms with Crippen LogP contribution in [0.25, 0.3) is 0 Å². The highest BCUT2D eigenvalue weighted by Gasteiger charge is 2.23. The van der Waals surface area contributed by atoms with E-state index in [1.165, 1.54) is 6.20 Å². The zero-order valence-corrected chi connectivity index (χ0v) is 18.1. The molecule has 0 atom stereocenters. The summed E-state index contributed by atoms with van der Waals surface area (Å²) < 4.78 is 0. The lowest BCUT2D eigenvalue weighted by molar-refractivity contribution is 0.0746. The van der Waals surface area contributed by atoms with Crippen LogP contribution in [-0.2, 0) is 0 Å². The van der Waals surface area contributed by atoms with E-state index in [2.05, 4.69) is 15.2 Å². The van der Waals surface area contributed by atoms with E-state index in [0.29, 0.717) is 48.0 Å². The maximum Gasteiger partial charge on any atom is 0.258 e. The number of anilines is 2. The van der Waals surface area contributed by atoms with E-state index in [0.717, 1.165) is 5.69 Å². The third-order valence-corrected chi connectivity index (χ3v) is 5.74. The Morgan fingerprint density at radius 2 is 1.65 bits per heavy atom. The molecule has 0 unspecified atom stereocenters. The van der Waals surface area contributed by atoms with Gasteiger partial charge in [0.1, 0.15) is 5.15 Å². The Morgan fingerprint density at radius 3 is 2.32 bits per heavy atom. The minimum absolute atomic E-state index is 0.0402. The predicted molar refractivity (Wildman–Crippen MR) is 123 cm³/mol. The Balaban J connectivity index is 1.39. The van der Waals surface area contributed by atoms with Crippen molar-refractivity contribution < 1.29 is 9.59 Å². The van der Waals surface area contributed by atoms with Crippen molar-refractivity contribution in [2.45, 2.75) is 0 Å². The Morgan fingerprint density at radius 1 is 0.903 bits per heavy atom. The molecule has 1 aliphatic rings. The van der Waals surface area contributed by atoms with E-state index in [4.69, 9.17) is 23.2 Å². The van der Waals surface area contributed by atoms with Crippen LogP contribution >= 0.6 is 23.2 Å². The molecule has 2 aromatic carbocycles. The first-order chi connectivity index (χ1) is 15.0. The lowest BCUT2D eigenvalue weighted by atomic mass is 10.1. The molecule has 1 aliphatic heterocycles. The summed E-state index contributed by atoms with van der Waals surface area (Å²) in [5.74, 6) is -0.312. The van der Waals surface area contributed by atoms with E-state index >= 15 is 0 Å². The summed E-state index contributed by atoms with van der Waals surface area (Å²) in [6, 6.07) is 17.9. The molecule has 0 aliphatic carbocycles. The van der Waals surface area contributed by atoms with E-state index in [1.807, 2.05) is 41.3 Å². The third kappa shape index (κ3) is 4.81. The number of carbonyl (C=O) groups excluding carboxylic acids is 2. The van der Waals surface area contributed by atoms with Crippen molar-refractivity contribution in [2.75, 3.05) is 36.4 Å². The van der Waals surface area contributed by atoms with Gasteiger partial charge in [0, 0.05) is 43.6 Å². The highest BCUT2D eigenvalue weighted by molar-refractivity contribution is 6.34. The molecule has 31 heavy (non-hydrogen) atoms. The molecule has 1 saturated heterocycles. The highest BCUT2D eigenvalue weighted by Crippen LogP contribution is 2.30. The van der Waals surface area contributed by atoms with E-state index in [9.17, 15) is 9.59 Å². The molecule has 0 radical (unpaired) electrons. The summed E-state index contributed by atoms with van der Waals surface area (Å²) in [6.07, 6.45) is 1.53. The molecule has 3 aromatic rings. The van der Waals surface area contributed by atoms with Crippen molar-refractivity contribution in [3.8, 4) is 0 Å². The van der Waals surface area contributed by atoms with Crippen LogP contribution in [0.5, 0.6) is 0 Å². The van der Waals surface area contributed by atoms with Crippen molar-refractivity contribution in [1.82, 2.24) is 9.88 Å². The van der Waals surface area contributed by atoms with E-state index < -0.39 is 0 Å². The van der Waals surface area contributed by atoms with Gasteiger partial charge in [0.15, 0.2) is 0 Å². The zero-order valence-electron chi connectivity index (χ0n) is 16.6. The number of halogens is 2. The first kappa shape index (κ1) is 21.2. The fourth-order valence-corrected chi connectivity index (χ4v) is 4.01. The smallest absolute Gasteiger partial charge is 0.258 e. The molecule has 0 spiro atoms. The van der Waals surface area contributed by atoms with Crippen LogP contribution in [-0.4, -0.2) is 47.9 Å². The Bertz CT molecular complexity index is 1100. The number of nitrogens with one attached hydrogen (secondary N) is 1. The Labute approximate surface area is 190 Å². The number of aromatic nitrogens is 1. The van der Waals surface area contributed by atoms with Gasteiger partial charge in [-0.3, -0.25) is 9.59 Å². The number of piperazine rings is 1. The van der Waals surface area contributed by atoms with Gasteiger partial charge in [-0.25, -0.2) is 4.98 Å². The van der Waals surface area contributed by atoms with Crippen LogP contribution in [0.1, 0.15) is 20.7 Å². The molecular formula is C23H20Cl2N4O2. The van der Waals surface area contributed by atoms with Gasteiger partial charge in [-0.15, -0.1) is 0 Å². The number of benzene rings is 2. The standard InChI is InChI=1S/C23H20Cl2N4O2/c24-19-15-17(27-22(30)18-7-4-10-26-21(18)25)8-9-20(19)28-11-13-29(14-12-28)23(31)16-5-2-1-3-6-16/h1-10,15H,11-14H2,(H,27,30). The zero-order chi connectivity index (χ0) is 21.8. The van der Waals surface area contributed by atoms with Gasteiger partial charge in [0.2, 0.25) is 0 Å². The molecule has 0 bridgehead atoms. The van der Waals surface area contributed by atoms with Crippen LogP contribution in [0.4, 0.5) is 11.4 Å². The first-order valence-electron chi connectivity index (χ1n) is 9.83. The van der Waals surface area contributed by atoms with Gasteiger partial charge in [-0.1, -0.05) is 41.4 Å². The molecule has 8 heteroatoms. The third-order valence-electron chi connectivity index (χ3n) is 5.14. The summed E-state index contributed by atoms with van der Waals surface area (Å²) in [5, 5.41) is 3.46. The fourth-order valence-electron chi connectivity index (χ4n) is 3.51. The van der Waals surface area contributed by atoms with Crippen LogP contribution in [0.15, 0.2) is 66.9 Å². The van der Waals surface area contributed by atoms with Crippen molar-refractivity contribution in [3.05, 3.63) is 88.2 Å². The van der Waals surface area contributed by atoms with Crippen molar-refractivity contribution >= 4 is 46.4 Å². The average molecular weight is 455 g/mol. The normalized spacial score (nSPS) is 13.7. The second kappa shape index (κ2) is 9.37. The molecule has 6 nitrogen and oxygen atoms in total. The lowest BCUT2D eigenvalue weighted by Crippen LogP contribution is -2.48. The van der Waals surface area contributed by atoms with Gasteiger partial charge < -0.3 is 15.1 Å². The quantitative estimate of drug-likeness (QED) is 0.584. The maximum absolute atomic E-state index is 12.6. The maximum atomic E-state index is 12.6. The number of nitrogens with zero attached hydrogens (tertiary/aromatic N) is 3. The number of hydrogen-bond acceptors (Lipinski definition) is 4. The summed E-state index contributed by atoms with van der Waals surface area (Å²) in [4.78, 5) is 33.0. The Kier molecular flexibility index (Phi) is 6.39. The average Bonchev–Trinajstić information content (AvgIpc) is 2.80. The van der Waals surface area contributed by atoms with Crippen LogP contribution in [0.2, 0.25) is 10.2 Å². The van der Waals surface area contributed by atoms with Crippen LogP contribution < -0.4 is 10.2 Å². The van der Waals surface area contributed by atoms with Gasteiger partial charge >= 0.3 is 0 Å². The highest BCUT2D eigenvalue weighted by atomic mass is 35.5. The summed E-state index contributed by atoms with van der Waals surface area (Å²) >= 11 is 12.5. The second-order valence-corrected chi connectivity index (χ2v) is 7.87. The second-order valence-electron chi connectivity index (χ2n) is 7.11. The SMILES string of the molecule is O=C(Nc1ccc(N2CCN(C(=O)c3ccccc3)CC2)c(Cl)c1)c1cccnc1Cl. The monoisotopic (exact) mass is 454 g/mol. The molecule has 1 fully saturated rings. The number of pyridine rings is 1. The summed E-state index contributed by atoms with van der Waals surface area (Å²) in [5.41, 5.74) is 2.42. The number of hydrogen-bond donors (Lipinski definition) is 1. The van der Waals surface area contributed by atoms with Crippen molar-refractivity contribution in [2.24, 2.45) is 0 Å². The predicted octanol–water partition coefficient (Wildman–Crippen LogP) is 4.60. The summed E-state index contributed by atoms with van der Waals surface area (Å²) in [7, 11) is 0. The molecule has 0 saturated carbocycles. The molecule has 2 amide bonds. The van der Waals surface area contributed by atoms with Gasteiger partial charge in [-0.05, 0) is 42.5 Å². The molecule has 2 heterocycles.